The van der Waals surface area contributed by atoms with Crippen molar-refractivity contribution in [3.63, 3.8) is 0 Å². The molecule has 0 radical (unpaired) electrons. The number of aryl methyl sites for hydroxylation is 1. The van der Waals surface area contributed by atoms with E-state index >= 15 is 0 Å². The SMILES string of the molecule is Cc1cc(C(=O)NC2(CO)CC2)cc(Cl)n1. The molecular formula is C11H13ClN2O2. The fourth-order valence-corrected chi connectivity index (χ4v) is 1.80. The van der Waals surface area contributed by atoms with Crippen molar-refractivity contribution >= 4 is 17.5 Å². The summed E-state index contributed by atoms with van der Waals surface area (Å²) < 4.78 is 0. The molecule has 1 aromatic rings. The number of carbonyl (C=O) groups is 1. The van der Waals surface area contributed by atoms with E-state index in [1.54, 1.807) is 13.0 Å². The predicted octanol–water partition coefficient (Wildman–Crippen LogP) is 1.30. The summed E-state index contributed by atoms with van der Waals surface area (Å²) in [6.45, 7) is 1.76. The molecule has 1 aliphatic rings. The molecular weight excluding hydrogens is 228 g/mol. The van der Waals surface area contributed by atoms with E-state index in [2.05, 4.69) is 10.3 Å². The van der Waals surface area contributed by atoms with Gasteiger partial charge in [0.2, 0.25) is 0 Å². The Balaban J connectivity index is 2.14. The fraction of sp³-hybridized carbons (Fsp3) is 0.455. The van der Waals surface area contributed by atoms with Crippen LogP contribution in [0.15, 0.2) is 12.1 Å². The zero-order valence-corrected chi connectivity index (χ0v) is 9.71. The van der Waals surface area contributed by atoms with E-state index < -0.39 is 5.54 Å². The first-order valence-corrected chi connectivity index (χ1v) is 5.50. The lowest BCUT2D eigenvalue weighted by molar-refractivity contribution is 0.0906. The molecule has 5 heteroatoms. The number of carbonyl (C=O) groups excluding carboxylic acids is 1. The largest absolute Gasteiger partial charge is 0.394 e. The number of amides is 1. The molecule has 1 amide bonds. The third-order valence-electron chi connectivity index (χ3n) is 2.72. The minimum Gasteiger partial charge on any atom is -0.394 e. The molecule has 1 heterocycles. The molecule has 4 nitrogen and oxygen atoms in total. The Bertz CT molecular complexity index is 410. The summed E-state index contributed by atoms with van der Waals surface area (Å²) >= 11 is 5.77. The molecule has 2 N–H and O–H groups in total. The van der Waals surface area contributed by atoms with Crippen LogP contribution < -0.4 is 5.32 Å². The number of rotatable bonds is 3. The first kappa shape index (κ1) is 11.4. The van der Waals surface area contributed by atoms with Crippen molar-refractivity contribution in [3.05, 3.63) is 28.5 Å². The second kappa shape index (κ2) is 4.03. The number of aromatic nitrogens is 1. The summed E-state index contributed by atoms with van der Waals surface area (Å²) in [7, 11) is 0. The average molecular weight is 241 g/mol. The van der Waals surface area contributed by atoms with Gasteiger partial charge in [-0.2, -0.15) is 0 Å². The molecule has 0 saturated heterocycles. The van der Waals surface area contributed by atoms with Crippen LogP contribution in [0.5, 0.6) is 0 Å². The van der Waals surface area contributed by atoms with E-state index in [0.29, 0.717) is 16.4 Å². The van der Waals surface area contributed by atoms with Gasteiger partial charge in [-0.25, -0.2) is 4.98 Å². The topological polar surface area (TPSA) is 62.2 Å². The summed E-state index contributed by atoms with van der Waals surface area (Å²) in [4.78, 5) is 15.8. The molecule has 0 aromatic carbocycles. The lowest BCUT2D eigenvalue weighted by Gasteiger charge is -2.14. The standard InChI is InChI=1S/C11H13ClN2O2/c1-7-4-8(5-9(12)13-7)10(16)14-11(6-15)2-3-11/h4-5,15H,2-3,6H2,1H3,(H,14,16). The van der Waals surface area contributed by atoms with Gasteiger partial charge in [0.1, 0.15) is 5.15 Å². The van der Waals surface area contributed by atoms with Crippen LogP contribution in [0.3, 0.4) is 0 Å². The van der Waals surface area contributed by atoms with Crippen LogP contribution in [0.1, 0.15) is 28.9 Å². The second-order valence-corrected chi connectivity index (χ2v) is 4.60. The van der Waals surface area contributed by atoms with E-state index in [-0.39, 0.29) is 12.5 Å². The van der Waals surface area contributed by atoms with E-state index in [4.69, 9.17) is 16.7 Å². The van der Waals surface area contributed by atoms with Gasteiger partial charge in [0.05, 0.1) is 12.1 Å². The molecule has 0 bridgehead atoms. The van der Waals surface area contributed by atoms with Crippen molar-refractivity contribution in [2.75, 3.05) is 6.61 Å². The minimum absolute atomic E-state index is 0.0173. The van der Waals surface area contributed by atoms with Crippen molar-refractivity contribution in [2.45, 2.75) is 25.3 Å². The summed E-state index contributed by atoms with van der Waals surface area (Å²) in [6, 6.07) is 3.20. The Labute approximate surface area is 98.6 Å². The van der Waals surface area contributed by atoms with Gasteiger partial charge in [-0.05, 0) is 31.9 Å². The molecule has 1 fully saturated rings. The molecule has 1 aliphatic carbocycles. The maximum Gasteiger partial charge on any atom is 0.251 e. The van der Waals surface area contributed by atoms with Gasteiger partial charge in [-0.3, -0.25) is 4.79 Å². The van der Waals surface area contributed by atoms with Crippen LogP contribution >= 0.6 is 11.6 Å². The zero-order valence-electron chi connectivity index (χ0n) is 8.96. The van der Waals surface area contributed by atoms with Crippen molar-refractivity contribution in [2.24, 2.45) is 0 Å². The lowest BCUT2D eigenvalue weighted by Crippen LogP contribution is -2.39. The van der Waals surface area contributed by atoms with E-state index in [1.807, 2.05) is 0 Å². The van der Waals surface area contributed by atoms with Gasteiger partial charge < -0.3 is 10.4 Å². The molecule has 0 spiro atoms. The molecule has 0 atom stereocenters. The van der Waals surface area contributed by atoms with Crippen LogP contribution in [0.4, 0.5) is 0 Å². The highest BCUT2D eigenvalue weighted by atomic mass is 35.5. The Hall–Kier alpha value is -1.13. The van der Waals surface area contributed by atoms with Crippen molar-refractivity contribution in [1.82, 2.24) is 10.3 Å². The van der Waals surface area contributed by atoms with E-state index in [9.17, 15) is 4.79 Å². The van der Waals surface area contributed by atoms with Gasteiger partial charge in [0, 0.05) is 11.3 Å². The first-order valence-electron chi connectivity index (χ1n) is 5.12. The second-order valence-electron chi connectivity index (χ2n) is 4.21. The first-order chi connectivity index (χ1) is 7.54. The van der Waals surface area contributed by atoms with Crippen molar-refractivity contribution in [1.29, 1.82) is 0 Å². The molecule has 1 saturated carbocycles. The molecule has 86 valence electrons. The summed E-state index contributed by atoms with van der Waals surface area (Å²) in [5, 5.41) is 12.2. The lowest BCUT2D eigenvalue weighted by atomic mass is 10.2. The van der Waals surface area contributed by atoms with E-state index in [0.717, 1.165) is 12.8 Å². The van der Waals surface area contributed by atoms with Crippen molar-refractivity contribution < 1.29 is 9.90 Å². The van der Waals surface area contributed by atoms with Crippen LogP contribution in [0.25, 0.3) is 0 Å². The quantitative estimate of drug-likeness (QED) is 0.783. The Kier molecular flexibility index (Phi) is 2.86. The Morgan fingerprint density at radius 3 is 2.81 bits per heavy atom. The van der Waals surface area contributed by atoms with Gasteiger partial charge in [-0.1, -0.05) is 11.6 Å². The van der Waals surface area contributed by atoms with Crippen LogP contribution in [-0.4, -0.2) is 28.1 Å². The van der Waals surface area contributed by atoms with Gasteiger partial charge in [0.15, 0.2) is 0 Å². The van der Waals surface area contributed by atoms with Crippen LogP contribution in [0, 0.1) is 6.92 Å². The smallest absolute Gasteiger partial charge is 0.251 e. The summed E-state index contributed by atoms with van der Waals surface area (Å²) in [5.74, 6) is -0.209. The van der Waals surface area contributed by atoms with Gasteiger partial charge in [-0.15, -0.1) is 0 Å². The van der Waals surface area contributed by atoms with Gasteiger partial charge >= 0.3 is 0 Å². The summed E-state index contributed by atoms with van der Waals surface area (Å²) in [6.07, 6.45) is 1.65. The normalized spacial score (nSPS) is 16.9. The molecule has 16 heavy (non-hydrogen) atoms. The number of hydrogen-bond acceptors (Lipinski definition) is 3. The molecule has 2 rings (SSSR count). The van der Waals surface area contributed by atoms with Crippen molar-refractivity contribution in [3.8, 4) is 0 Å². The number of aliphatic hydroxyl groups is 1. The maximum atomic E-state index is 11.9. The highest BCUT2D eigenvalue weighted by Gasteiger charge is 2.43. The number of pyridine rings is 1. The zero-order chi connectivity index (χ0) is 11.8. The van der Waals surface area contributed by atoms with E-state index in [1.165, 1.54) is 6.07 Å². The number of nitrogens with one attached hydrogen (secondary N) is 1. The molecule has 1 aromatic heterocycles. The minimum atomic E-state index is -0.402. The number of nitrogens with zero attached hydrogens (tertiary/aromatic N) is 1. The number of halogens is 1. The average Bonchev–Trinajstić information content (AvgIpc) is 2.97. The summed E-state index contributed by atoms with van der Waals surface area (Å²) in [5.41, 5.74) is 0.782. The monoisotopic (exact) mass is 240 g/mol. The third kappa shape index (κ3) is 2.33. The highest BCUT2D eigenvalue weighted by molar-refractivity contribution is 6.29. The molecule has 0 aliphatic heterocycles. The Morgan fingerprint density at radius 2 is 2.31 bits per heavy atom. The predicted molar refractivity (Wildman–Crippen MR) is 60.5 cm³/mol. The maximum absolute atomic E-state index is 11.9. The molecule has 0 unspecified atom stereocenters. The number of hydrogen-bond donors (Lipinski definition) is 2. The van der Waals surface area contributed by atoms with Gasteiger partial charge in [0.25, 0.3) is 5.91 Å². The third-order valence-corrected chi connectivity index (χ3v) is 2.91. The van der Waals surface area contributed by atoms with Crippen LogP contribution in [0.2, 0.25) is 5.15 Å². The van der Waals surface area contributed by atoms with Crippen LogP contribution in [-0.2, 0) is 0 Å². The fourth-order valence-electron chi connectivity index (χ4n) is 1.55. The highest BCUT2D eigenvalue weighted by Crippen LogP contribution is 2.34. The number of aliphatic hydroxyl groups excluding tert-OH is 1. The Morgan fingerprint density at radius 1 is 1.62 bits per heavy atom.